The van der Waals surface area contributed by atoms with Gasteiger partial charge in [0.15, 0.2) is 0 Å². The van der Waals surface area contributed by atoms with Crippen molar-refractivity contribution in [1.82, 2.24) is 10.2 Å². The summed E-state index contributed by atoms with van der Waals surface area (Å²) in [6.07, 6.45) is 10.8. The van der Waals surface area contributed by atoms with E-state index in [1.54, 1.807) is 4.90 Å². The minimum Gasteiger partial charge on any atom is -0.481 e. The number of carboxylic acids is 1. The van der Waals surface area contributed by atoms with Crippen molar-refractivity contribution in [1.29, 1.82) is 0 Å². The maximum Gasteiger partial charge on any atom is 0.410 e. The van der Waals surface area contributed by atoms with Crippen molar-refractivity contribution in [3.05, 3.63) is 0 Å². The Balaban J connectivity index is 1.19. The van der Waals surface area contributed by atoms with E-state index < -0.39 is 23.2 Å². The number of carbonyl (C=O) groups excluding carboxylic acids is 1. The first kappa shape index (κ1) is 31.6. The van der Waals surface area contributed by atoms with Crippen LogP contribution in [0.3, 0.4) is 0 Å². The summed E-state index contributed by atoms with van der Waals surface area (Å²) in [7, 11) is 1.94. The Morgan fingerprint density at radius 3 is 2.35 bits per heavy atom. The molecule has 8 heteroatoms. The van der Waals surface area contributed by atoms with Crippen molar-refractivity contribution in [2.45, 2.75) is 130 Å². The molecule has 0 aromatic heterocycles. The van der Waals surface area contributed by atoms with E-state index in [4.69, 9.17) is 4.74 Å². The number of ether oxygens (including phenoxy) is 1. The molecular weight excluding hydrogens is 544 g/mol. The molecule has 6 aliphatic carbocycles. The first-order valence-corrected chi connectivity index (χ1v) is 17.3. The molecule has 10 atom stereocenters. The zero-order valence-corrected chi connectivity index (χ0v) is 27.7. The van der Waals surface area contributed by atoms with E-state index in [0.717, 1.165) is 57.8 Å². The Labute approximate surface area is 258 Å². The van der Waals surface area contributed by atoms with E-state index in [2.05, 4.69) is 33.0 Å². The Morgan fingerprint density at radius 2 is 1.72 bits per heavy atom. The van der Waals surface area contributed by atoms with Crippen LogP contribution in [0.1, 0.15) is 112 Å². The normalized spacial score (nSPS) is 46.6. The standard InChI is InChI=1S/C35H58N2O6/c1-21-33-17-16-32(6)24(18-35(42,36-7)25(32)10-8-9-14-30(2,3)41)23(33)13-15-34(21)26(33)11-12-27(31(34,4)5)43-29(40)37-19-22(20-37)28(38)39/h21-27,36,41-42H,8-20H2,1-7H3,(H,38,39). The molecule has 1 heterocycles. The summed E-state index contributed by atoms with van der Waals surface area (Å²) in [4.78, 5) is 25.8. The maximum atomic E-state index is 13.0. The second kappa shape index (κ2) is 10.1. The Kier molecular flexibility index (Phi) is 7.39. The van der Waals surface area contributed by atoms with Crippen molar-refractivity contribution < 1.29 is 29.6 Å². The number of unbranched alkanes of at least 4 members (excludes halogenated alkanes) is 1. The molecule has 7 aliphatic rings. The predicted molar refractivity (Wildman–Crippen MR) is 164 cm³/mol. The number of rotatable bonds is 8. The summed E-state index contributed by atoms with van der Waals surface area (Å²) in [6.45, 7) is 13.9. The highest BCUT2D eigenvalue weighted by Crippen LogP contribution is 2.86. The topological polar surface area (TPSA) is 119 Å². The summed E-state index contributed by atoms with van der Waals surface area (Å²) in [5.41, 5.74) is -1.09. The van der Waals surface area contributed by atoms with Gasteiger partial charge in [-0.25, -0.2) is 4.79 Å². The van der Waals surface area contributed by atoms with Gasteiger partial charge in [-0.15, -0.1) is 0 Å². The second-order valence-electron chi connectivity index (χ2n) is 17.3. The van der Waals surface area contributed by atoms with Crippen LogP contribution in [-0.2, 0) is 9.53 Å². The molecule has 2 spiro atoms. The van der Waals surface area contributed by atoms with Gasteiger partial charge >= 0.3 is 12.1 Å². The fourth-order valence-corrected chi connectivity index (χ4v) is 13.0. The lowest BCUT2D eigenvalue weighted by Crippen LogP contribution is -2.79. The van der Waals surface area contributed by atoms with E-state index in [1.807, 2.05) is 20.9 Å². The molecule has 1 aliphatic heterocycles. The highest BCUT2D eigenvalue weighted by atomic mass is 16.6. The van der Waals surface area contributed by atoms with Crippen LogP contribution in [0.15, 0.2) is 0 Å². The molecule has 2 bridgehead atoms. The number of carboxylic acid groups (broad SMARTS) is 1. The van der Waals surface area contributed by atoms with E-state index in [0.29, 0.717) is 29.1 Å². The highest BCUT2D eigenvalue weighted by Gasteiger charge is 2.82. The van der Waals surface area contributed by atoms with E-state index in [-0.39, 0.29) is 47.4 Å². The Morgan fingerprint density at radius 1 is 1.02 bits per heavy atom. The van der Waals surface area contributed by atoms with Gasteiger partial charge in [0.2, 0.25) is 0 Å². The van der Waals surface area contributed by atoms with Crippen LogP contribution in [0.5, 0.6) is 0 Å². The van der Waals surface area contributed by atoms with Gasteiger partial charge in [0.25, 0.3) is 0 Å². The van der Waals surface area contributed by atoms with Gasteiger partial charge in [0, 0.05) is 24.4 Å². The number of nitrogens with zero attached hydrogens (tertiary/aromatic N) is 1. The van der Waals surface area contributed by atoms with Gasteiger partial charge in [-0.05, 0) is 119 Å². The molecule has 10 unspecified atom stereocenters. The summed E-state index contributed by atoms with van der Waals surface area (Å²) in [5.74, 6) is 1.16. The monoisotopic (exact) mass is 602 g/mol. The molecule has 1 saturated heterocycles. The SMILES string of the molecule is CNC1(O)CC2C3CCC45C(C)C3(CCC2(C)C1CCCCC(C)(C)O)C4CCC(OC(=O)N1CC(C(=O)O)C1)C5(C)C. The van der Waals surface area contributed by atoms with Crippen LogP contribution in [0.2, 0.25) is 0 Å². The molecule has 4 N–H and O–H groups in total. The lowest BCUT2D eigenvalue weighted by atomic mass is 9.21. The fourth-order valence-electron chi connectivity index (χ4n) is 13.0. The number of hydrogen-bond acceptors (Lipinski definition) is 6. The minimum atomic E-state index is -0.844. The number of carbonyl (C=O) groups is 2. The summed E-state index contributed by atoms with van der Waals surface area (Å²) in [5, 5.41) is 34.9. The van der Waals surface area contributed by atoms with Gasteiger partial charge < -0.3 is 25.0 Å². The predicted octanol–water partition coefficient (Wildman–Crippen LogP) is 5.65. The van der Waals surface area contributed by atoms with Crippen LogP contribution in [-0.4, -0.2) is 69.8 Å². The number of fused-ring (bicyclic) bond motifs is 2. The average molecular weight is 603 g/mol. The number of hydrogen-bond donors (Lipinski definition) is 4. The zero-order chi connectivity index (χ0) is 31.4. The summed E-state index contributed by atoms with van der Waals surface area (Å²) in [6, 6.07) is 0. The maximum absolute atomic E-state index is 13.0. The quantitative estimate of drug-likeness (QED) is 0.209. The van der Waals surface area contributed by atoms with Crippen molar-refractivity contribution in [3.63, 3.8) is 0 Å². The third-order valence-electron chi connectivity index (χ3n) is 15.2. The van der Waals surface area contributed by atoms with Gasteiger partial charge in [-0.2, -0.15) is 0 Å². The van der Waals surface area contributed by atoms with Crippen LogP contribution >= 0.6 is 0 Å². The molecule has 244 valence electrons. The second-order valence-corrected chi connectivity index (χ2v) is 17.3. The largest absolute Gasteiger partial charge is 0.481 e. The number of nitrogens with one attached hydrogen (secondary N) is 1. The number of likely N-dealkylation sites (tertiary alicyclic amines) is 1. The average Bonchev–Trinajstić information content (AvgIpc) is 3.12. The van der Waals surface area contributed by atoms with E-state index in [9.17, 15) is 24.9 Å². The molecule has 0 aromatic carbocycles. The number of amides is 1. The summed E-state index contributed by atoms with van der Waals surface area (Å²) >= 11 is 0. The van der Waals surface area contributed by atoms with Crippen LogP contribution < -0.4 is 5.32 Å². The van der Waals surface area contributed by atoms with Gasteiger partial charge in [0.1, 0.15) is 11.8 Å². The number of aliphatic hydroxyl groups is 2. The molecule has 8 nitrogen and oxygen atoms in total. The third kappa shape index (κ3) is 4.23. The summed E-state index contributed by atoms with van der Waals surface area (Å²) < 4.78 is 6.21. The first-order valence-electron chi connectivity index (χ1n) is 17.3. The van der Waals surface area contributed by atoms with Crippen molar-refractivity contribution in [2.24, 2.45) is 57.2 Å². The molecule has 0 radical (unpaired) electrons. The van der Waals surface area contributed by atoms with Crippen molar-refractivity contribution in [3.8, 4) is 0 Å². The minimum absolute atomic E-state index is 0.102. The van der Waals surface area contributed by atoms with E-state index in [1.165, 1.54) is 12.8 Å². The molecular formula is C35H58N2O6. The van der Waals surface area contributed by atoms with E-state index >= 15 is 0 Å². The number of aliphatic carboxylic acids is 1. The van der Waals surface area contributed by atoms with Crippen LogP contribution in [0, 0.1) is 57.2 Å². The molecule has 0 aromatic rings. The Bertz CT molecular complexity index is 1130. The van der Waals surface area contributed by atoms with Gasteiger partial charge in [-0.1, -0.05) is 40.5 Å². The van der Waals surface area contributed by atoms with Gasteiger partial charge in [-0.3, -0.25) is 10.1 Å². The third-order valence-corrected chi connectivity index (χ3v) is 15.2. The zero-order valence-electron chi connectivity index (χ0n) is 27.7. The van der Waals surface area contributed by atoms with Crippen LogP contribution in [0.4, 0.5) is 4.79 Å². The molecule has 43 heavy (non-hydrogen) atoms. The smallest absolute Gasteiger partial charge is 0.410 e. The molecule has 7 fully saturated rings. The first-order chi connectivity index (χ1) is 20.0. The fraction of sp³-hybridized carbons (Fsp3) is 0.943. The lowest BCUT2D eigenvalue weighted by molar-refractivity contribution is -0.363. The van der Waals surface area contributed by atoms with Gasteiger partial charge in [0.05, 0.1) is 11.5 Å². The lowest BCUT2D eigenvalue weighted by Gasteiger charge is -2.83. The molecule has 6 saturated carbocycles. The van der Waals surface area contributed by atoms with Crippen molar-refractivity contribution >= 4 is 12.1 Å². The van der Waals surface area contributed by atoms with Crippen molar-refractivity contribution in [2.75, 3.05) is 20.1 Å². The highest BCUT2D eigenvalue weighted by molar-refractivity contribution is 5.76. The molecule has 7 rings (SSSR count). The molecule has 1 amide bonds. The Hall–Kier alpha value is -1.38. The van der Waals surface area contributed by atoms with Crippen LogP contribution in [0.25, 0.3) is 0 Å².